The van der Waals surface area contributed by atoms with Gasteiger partial charge < -0.3 is 9.36 Å². The lowest BCUT2D eigenvalue weighted by Crippen LogP contribution is -2.14. The number of hydrogen-bond acceptors (Lipinski definition) is 6. The van der Waals surface area contributed by atoms with Crippen LogP contribution in [-0.2, 0) is 11.4 Å². The second-order valence-corrected chi connectivity index (χ2v) is 3.90. The SMILES string of the molecule is c1ccc(CO/N=C(/c2ncon2)n2ccnc2)cc1. The summed E-state index contributed by atoms with van der Waals surface area (Å²) in [5.41, 5.74) is 1.02. The standard InChI is InChI=1S/C13H11N5O2/c1-2-4-11(5-3-1)8-19-17-13(12-15-10-20-16-12)18-7-6-14-9-18/h1-7,9-10H,8H2/b17-13-. The summed E-state index contributed by atoms with van der Waals surface area (Å²) in [6.45, 7) is 0.358. The van der Waals surface area contributed by atoms with Crippen molar-refractivity contribution in [3.8, 4) is 0 Å². The molecule has 2 heterocycles. The zero-order chi connectivity index (χ0) is 13.6. The van der Waals surface area contributed by atoms with Crippen LogP contribution >= 0.6 is 0 Å². The molecule has 0 aliphatic carbocycles. The molecular formula is C13H11N5O2. The van der Waals surface area contributed by atoms with Gasteiger partial charge in [-0.3, -0.25) is 4.57 Å². The van der Waals surface area contributed by atoms with Gasteiger partial charge in [-0.2, -0.15) is 4.98 Å². The first kappa shape index (κ1) is 12.1. The lowest BCUT2D eigenvalue weighted by molar-refractivity contribution is 0.129. The van der Waals surface area contributed by atoms with Crippen molar-refractivity contribution >= 4 is 5.84 Å². The van der Waals surface area contributed by atoms with Gasteiger partial charge in [-0.05, 0) is 5.56 Å². The van der Waals surface area contributed by atoms with E-state index in [-0.39, 0.29) is 0 Å². The quantitative estimate of drug-likeness (QED) is 0.409. The van der Waals surface area contributed by atoms with Crippen molar-refractivity contribution in [2.24, 2.45) is 5.16 Å². The molecule has 0 fully saturated rings. The normalized spacial score (nSPS) is 11.5. The fraction of sp³-hybridized carbons (Fsp3) is 0.0769. The highest BCUT2D eigenvalue weighted by molar-refractivity contribution is 5.96. The molecule has 0 saturated carbocycles. The fourth-order valence-corrected chi connectivity index (χ4v) is 1.60. The molecule has 0 unspecified atom stereocenters. The van der Waals surface area contributed by atoms with Gasteiger partial charge in [-0.15, -0.1) is 0 Å². The first-order valence-corrected chi connectivity index (χ1v) is 5.92. The fourth-order valence-electron chi connectivity index (χ4n) is 1.60. The molecule has 7 nitrogen and oxygen atoms in total. The summed E-state index contributed by atoms with van der Waals surface area (Å²) >= 11 is 0. The van der Waals surface area contributed by atoms with Crippen LogP contribution in [0, 0.1) is 0 Å². The molecular weight excluding hydrogens is 258 g/mol. The number of rotatable bonds is 4. The minimum absolute atomic E-state index is 0.330. The van der Waals surface area contributed by atoms with Crippen LogP contribution in [0.2, 0.25) is 0 Å². The van der Waals surface area contributed by atoms with Crippen LogP contribution in [0.1, 0.15) is 11.4 Å². The number of hydrogen-bond donors (Lipinski definition) is 0. The van der Waals surface area contributed by atoms with Crippen molar-refractivity contribution in [2.75, 3.05) is 0 Å². The maximum Gasteiger partial charge on any atom is 0.242 e. The van der Waals surface area contributed by atoms with Crippen LogP contribution in [-0.4, -0.2) is 25.5 Å². The summed E-state index contributed by atoms with van der Waals surface area (Å²) in [7, 11) is 0. The molecule has 0 aliphatic heterocycles. The molecule has 0 N–H and O–H groups in total. The molecule has 100 valence electrons. The third-order valence-electron chi connectivity index (χ3n) is 2.54. The smallest absolute Gasteiger partial charge is 0.242 e. The van der Waals surface area contributed by atoms with Crippen LogP contribution in [0.3, 0.4) is 0 Å². The van der Waals surface area contributed by atoms with E-state index in [1.807, 2.05) is 30.3 Å². The van der Waals surface area contributed by atoms with E-state index in [1.54, 1.807) is 23.3 Å². The summed E-state index contributed by atoms with van der Waals surface area (Å²) in [6, 6.07) is 9.75. The minimum atomic E-state index is 0.330. The Morgan fingerprint density at radius 1 is 1.30 bits per heavy atom. The molecule has 0 saturated heterocycles. The Hall–Kier alpha value is -2.96. The van der Waals surface area contributed by atoms with Gasteiger partial charge in [0.1, 0.15) is 12.9 Å². The Labute approximate surface area is 114 Å². The van der Waals surface area contributed by atoms with E-state index in [9.17, 15) is 0 Å². The van der Waals surface area contributed by atoms with Gasteiger partial charge in [-0.1, -0.05) is 40.6 Å². The van der Waals surface area contributed by atoms with Gasteiger partial charge >= 0.3 is 0 Å². The monoisotopic (exact) mass is 269 g/mol. The molecule has 0 spiro atoms. The molecule has 0 amide bonds. The van der Waals surface area contributed by atoms with Crippen molar-refractivity contribution in [2.45, 2.75) is 6.61 Å². The Balaban J connectivity index is 1.78. The van der Waals surface area contributed by atoms with Gasteiger partial charge in [0, 0.05) is 12.4 Å². The molecule has 0 aliphatic rings. The van der Waals surface area contributed by atoms with Gasteiger partial charge in [0.05, 0.1) is 0 Å². The summed E-state index contributed by atoms with van der Waals surface area (Å²) in [5, 5.41) is 7.81. The lowest BCUT2D eigenvalue weighted by Gasteiger charge is -2.03. The van der Waals surface area contributed by atoms with Gasteiger partial charge in [0.2, 0.25) is 18.1 Å². The van der Waals surface area contributed by atoms with E-state index in [1.165, 1.54) is 6.39 Å². The van der Waals surface area contributed by atoms with Gasteiger partial charge in [0.25, 0.3) is 0 Å². The second-order valence-electron chi connectivity index (χ2n) is 3.90. The van der Waals surface area contributed by atoms with Crippen LogP contribution in [0.25, 0.3) is 0 Å². The number of benzene rings is 1. The third-order valence-corrected chi connectivity index (χ3v) is 2.54. The summed E-state index contributed by atoms with van der Waals surface area (Å²) in [5.74, 6) is 0.739. The lowest BCUT2D eigenvalue weighted by atomic mass is 10.2. The zero-order valence-corrected chi connectivity index (χ0v) is 10.5. The van der Waals surface area contributed by atoms with E-state index in [0.717, 1.165) is 5.56 Å². The van der Waals surface area contributed by atoms with E-state index in [4.69, 9.17) is 9.36 Å². The third kappa shape index (κ3) is 2.72. The van der Waals surface area contributed by atoms with E-state index in [0.29, 0.717) is 18.3 Å². The predicted octanol–water partition coefficient (Wildman–Crippen LogP) is 1.69. The molecule has 0 atom stereocenters. The van der Waals surface area contributed by atoms with Crippen molar-refractivity contribution < 1.29 is 9.36 Å². The maximum absolute atomic E-state index is 5.35. The molecule has 20 heavy (non-hydrogen) atoms. The number of oxime groups is 1. The largest absolute Gasteiger partial charge is 0.389 e. The summed E-state index contributed by atoms with van der Waals surface area (Å²) in [6.07, 6.45) is 6.17. The molecule has 0 radical (unpaired) electrons. The molecule has 2 aromatic heterocycles. The van der Waals surface area contributed by atoms with Gasteiger partial charge in [0.15, 0.2) is 0 Å². The van der Waals surface area contributed by atoms with Crippen LogP contribution < -0.4 is 0 Å². The van der Waals surface area contributed by atoms with Crippen LogP contribution in [0.4, 0.5) is 0 Å². The highest BCUT2D eigenvalue weighted by atomic mass is 16.6. The Morgan fingerprint density at radius 3 is 2.90 bits per heavy atom. The van der Waals surface area contributed by atoms with Crippen LogP contribution in [0.5, 0.6) is 0 Å². The van der Waals surface area contributed by atoms with Crippen molar-refractivity contribution in [1.82, 2.24) is 19.7 Å². The Bertz CT molecular complexity index is 626. The van der Waals surface area contributed by atoms with E-state index < -0.39 is 0 Å². The Kier molecular flexibility index (Phi) is 3.50. The average molecular weight is 269 g/mol. The highest BCUT2D eigenvalue weighted by Gasteiger charge is 2.12. The summed E-state index contributed by atoms with van der Waals surface area (Å²) in [4.78, 5) is 13.3. The summed E-state index contributed by atoms with van der Waals surface area (Å²) < 4.78 is 6.38. The van der Waals surface area contributed by atoms with Crippen molar-refractivity contribution in [1.29, 1.82) is 0 Å². The molecule has 0 bridgehead atoms. The van der Waals surface area contributed by atoms with Gasteiger partial charge in [-0.25, -0.2) is 4.98 Å². The van der Waals surface area contributed by atoms with E-state index >= 15 is 0 Å². The molecule has 3 aromatic rings. The van der Waals surface area contributed by atoms with Crippen LogP contribution in [0.15, 0.2) is 65.1 Å². The second kappa shape index (κ2) is 5.79. The molecule has 3 rings (SSSR count). The zero-order valence-electron chi connectivity index (χ0n) is 10.5. The maximum atomic E-state index is 5.35. The average Bonchev–Trinajstić information content (AvgIpc) is 3.18. The Morgan fingerprint density at radius 2 is 2.20 bits per heavy atom. The first-order chi connectivity index (χ1) is 9.93. The highest BCUT2D eigenvalue weighted by Crippen LogP contribution is 2.03. The number of aromatic nitrogens is 4. The number of nitrogens with zero attached hydrogens (tertiary/aromatic N) is 5. The predicted molar refractivity (Wildman–Crippen MR) is 69.7 cm³/mol. The van der Waals surface area contributed by atoms with Crippen molar-refractivity contribution in [3.05, 3.63) is 66.8 Å². The number of imidazole rings is 1. The van der Waals surface area contributed by atoms with E-state index in [2.05, 4.69) is 20.3 Å². The molecule has 1 aromatic carbocycles. The minimum Gasteiger partial charge on any atom is -0.389 e. The first-order valence-electron chi connectivity index (χ1n) is 5.92. The topological polar surface area (TPSA) is 78.3 Å². The molecule has 7 heteroatoms. The van der Waals surface area contributed by atoms with Crippen molar-refractivity contribution in [3.63, 3.8) is 0 Å².